The lowest BCUT2D eigenvalue weighted by atomic mass is 9.78. The molecule has 0 aliphatic rings. The van der Waals surface area contributed by atoms with Crippen molar-refractivity contribution in [3.63, 3.8) is 0 Å². The van der Waals surface area contributed by atoms with Gasteiger partial charge in [-0.05, 0) is 45.2 Å². The summed E-state index contributed by atoms with van der Waals surface area (Å²) in [7, 11) is 2.02. The number of phenolic OH excluding ortho intramolecular Hbond substituents is 1. The van der Waals surface area contributed by atoms with Gasteiger partial charge in [-0.3, -0.25) is 0 Å². The topological polar surface area (TPSA) is 125 Å². The van der Waals surface area contributed by atoms with Crippen molar-refractivity contribution in [1.82, 2.24) is 9.55 Å². The highest BCUT2D eigenvalue weighted by Crippen LogP contribution is 2.39. The number of hydrogen-bond acceptors (Lipinski definition) is 5. The minimum atomic E-state index is -1.82. The van der Waals surface area contributed by atoms with Crippen LogP contribution in [-0.2, 0) is 34.0 Å². The van der Waals surface area contributed by atoms with Gasteiger partial charge in [-0.25, -0.2) is 14.6 Å². The Bertz CT molecular complexity index is 1140. The molecule has 8 heteroatoms. The van der Waals surface area contributed by atoms with E-state index >= 15 is 0 Å². The molecule has 0 fully saturated rings. The number of imidazole rings is 1. The van der Waals surface area contributed by atoms with E-state index in [9.17, 15) is 5.11 Å². The van der Waals surface area contributed by atoms with Gasteiger partial charge in [-0.1, -0.05) is 71.9 Å². The lowest BCUT2D eigenvalue weighted by Gasteiger charge is -2.28. The molecule has 188 valence electrons. The number of aromatic hydroxyl groups is 1. The number of benzene rings is 2. The monoisotopic (exact) mass is 481 g/mol. The summed E-state index contributed by atoms with van der Waals surface area (Å²) in [5, 5.41) is 29.2. The number of carboxylic acids is 2. The number of phenols is 1. The van der Waals surface area contributed by atoms with Crippen LogP contribution >= 0.6 is 0 Å². The number of nitrogens with zero attached hydrogens (tertiary/aromatic N) is 2. The Morgan fingerprint density at radius 2 is 1.40 bits per heavy atom. The maximum Gasteiger partial charge on any atom is 0.414 e. The van der Waals surface area contributed by atoms with Crippen molar-refractivity contribution in [1.29, 1.82) is 0 Å². The molecule has 0 saturated heterocycles. The molecule has 8 nitrogen and oxygen atoms in total. The number of carboxylic acid groups (broad SMARTS) is 2. The third kappa shape index (κ3) is 7.09. The normalized spacial score (nSPS) is 11.4. The van der Waals surface area contributed by atoms with Gasteiger partial charge in [0.25, 0.3) is 0 Å². The molecule has 0 bridgehead atoms. The second-order valence-corrected chi connectivity index (χ2v) is 10.4. The molecular weight excluding hydrogens is 446 g/mol. The summed E-state index contributed by atoms with van der Waals surface area (Å²) in [5.41, 5.74) is 5.04. The van der Waals surface area contributed by atoms with Gasteiger partial charge < -0.3 is 25.2 Å². The first-order valence-electron chi connectivity index (χ1n) is 11.3. The van der Waals surface area contributed by atoms with Gasteiger partial charge in [-0.2, -0.15) is 0 Å². The zero-order valence-corrected chi connectivity index (χ0v) is 21.4. The van der Waals surface area contributed by atoms with Crippen LogP contribution in [-0.4, -0.2) is 36.8 Å². The maximum absolute atomic E-state index is 10.9. The molecule has 0 aliphatic heterocycles. The molecule has 4 N–H and O–H groups in total. The van der Waals surface area contributed by atoms with E-state index in [-0.39, 0.29) is 10.8 Å². The number of nitrogens with one attached hydrogen (secondary N) is 1. The fourth-order valence-corrected chi connectivity index (χ4v) is 3.57. The first-order valence-corrected chi connectivity index (χ1v) is 11.3. The number of rotatable bonds is 4. The van der Waals surface area contributed by atoms with Crippen LogP contribution in [0.3, 0.4) is 0 Å². The number of hydrogen-bond donors (Lipinski definition) is 4. The lowest BCUT2D eigenvalue weighted by Crippen LogP contribution is -2.18. The van der Waals surface area contributed by atoms with Crippen molar-refractivity contribution in [3.05, 3.63) is 65.4 Å². The molecular formula is C27H35N3O5. The average molecular weight is 482 g/mol. The van der Waals surface area contributed by atoms with Crippen molar-refractivity contribution in [2.75, 3.05) is 5.32 Å². The third-order valence-corrected chi connectivity index (χ3v) is 5.48. The van der Waals surface area contributed by atoms with Crippen molar-refractivity contribution in [3.8, 4) is 17.0 Å². The molecule has 1 heterocycles. The molecule has 35 heavy (non-hydrogen) atoms. The smallest absolute Gasteiger partial charge is 0.414 e. The highest BCUT2D eigenvalue weighted by molar-refractivity contribution is 6.27. The van der Waals surface area contributed by atoms with Crippen molar-refractivity contribution in [2.45, 2.75) is 58.9 Å². The first kappa shape index (κ1) is 27.4. The number of carbonyl (C=O) groups is 2. The molecule has 0 saturated carbocycles. The van der Waals surface area contributed by atoms with Gasteiger partial charge in [0.15, 0.2) is 0 Å². The summed E-state index contributed by atoms with van der Waals surface area (Å²) in [6.45, 7) is 13.5. The van der Waals surface area contributed by atoms with E-state index in [1.807, 2.05) is 31.4 Å². The fraction of sp³-hybridized carbons (Fsp3) is 0.370. The Kier molecular flexibility index (Phi) is 8.33. The number of aromatic nitrogens is 2. The number of anilines is 1. The average Bonchev–Trinajstić information content (AvgIpc) is 3.12. The summed E-state index contributed by atoms with van der Waals surface area (Å²) < 4.78 is 2.07. The van der Waals surface area contributed by atoms with Gasteiger partial charge in [-0.15, -0.1) is 0 Å². The van der Waals surface area contributed by atoms with E-state index in [1.54, 1.807) is 0 Å². The van der Waals surface area contributed by atoms with Crippen LogP contribution in [0.2, 0.25) is 0 Å². The Hall–Kier alpha value is -3.81. The van der Waals surface area contributed by atoms with Crippen LogP contribution < -0.4 is 5.32 Å². The molecule has 0 aliphatic carbocycles. The van der Waals surface area contributed by atoms with E-state index in [4.69, 9.17) is 19.8 Å². The Morgan fingerprint density at radius 1 is 0.914 bits per heavy atom. The summed E-state index contributed by atoms with van der Waals surface area (Å²) in [6.07, 6.45) is 1.90. The molecule has 0 amide bonds. The highest BCUT2D eigenvalue weighted by Gasteiger charge is 2.26. The summed E-state index contributed by atoms with van der Waals surface area (Å²) >= 11 is 0. The molecule has 1 aromatic heterocycles. The van der Waals surface area contributed by atoms with Crippen molar-refractivity contribution in [2.24, 2.45) is 7.05 Å². The third-order valence-electron chi connectivity index (χ3n) is 5.48. The molecule has 0 atom stereocenters. The van der Waals surface area contributed by atoms with E-state index < -0.39 is 11.9 Å². The van der Waals surface area contributed by atoms with Crippen LogP contribution in [0.4, 0.5) is 5.95 Å². The molecule has 3 rings (SSSR count). The Balaban J connectivity index is 0.000000641. The van der Waals surface area contributed by atoms with Gasteiger partial charge >= 0.3 is 11.9 Å². The van der Waals surface area contributed by atoms with E-state index in [0.29, 0.717) is 12.3 Å². The van der Waals surface area contributed by atoms with Crippen molar-refractivity contribution >= 4 is 17.9 Å². The zero-order chi connectivity index (χ0) is 26.6. The fourth-order valence-electron chi connectivity index (χ4n) is 3.57. The minimum Gasteiger partial charge on any atom is -0.507 e. The van der Waals surface area contributed by atoms with Crippen LogP contribution in [0.1, 0.15) is 58.2 Å². The predicted octanol–water partition coefficient (Wildman–Crippen LogP) is 5.16. The molecule has 3 aromatic rings. The molecule has 0 radical (unpaired) electrons. The van der Waals surface area contributed by atoms with E-state index in [2.05, 4.69) is 80.7 Å². The second-order valence-electron chi connectivity index (χ2n) is 10.4. The highest BCUT2D eigenvalue weighted by atomic mass is 16.4. The lowest BCUT2D eigenvalue weighted by molar-refractivity contribution is -0.159. The van der Waals surface area contributed by atoms with Crippen LogP contribution in [0.5, 0.6) is 5.75 Å². The van der Waals surface area contributed by atoms with E-state index in [1.165, 1.54) is 0 Å². The predicted molar refractivity (Wildman–Crippen MR) is 137 cm³/mol. The van der Waals surface area contributed by atoms with Gasteiger partial charge in [0.2, 0.25) is 5.95 Å². The minimum absolute atomic E-state index is 0.135. The maximum atomic E-state index is 10.9. The summed E-state index contributed by atoms with van der Waals surface area (Å²) in [5.74, 6) is -2.41. The summed E-state index contributed by atoms with van der Waals surface area (Å²) in [6, 6.07) is 14.5. The van der Waals surface area contributed by atoms with Gasteiger partial charge in [0.1, 0.15) is 5.75 Å². The van der Waals surface area contributed by atoms with Crippen LogP contribution in [0.25, 0.3) is 11.3 Å². The summed E-state index contributed by atoms with van der Waals surface area (Å²) in [4.78, 5) is 22.8. The molecule has 2 aromatic carbocycles. The Labute approximate surface area is 206 Å². The zero-order valence-electron chi connectivity index (χ0n) is 21.4. The van der Waals surface area contributed by atoms with Gasteiger partial charge in [0.05, 0.1) is 11.9 Å². The largest absolute Gasteiger partial charge is 0.507 e. The Morgan fingerprint density at radius 3 is 1.83 bits per heavy atom. The van der Waals surface area contributed by atoms with Crippen LogP contribution in [0.15, 0.2) is 48.7 Å². The quantitative estimate of drug-likeness (QED) is 0.380. The molecule has 0 spiro atoms. The van der Waals surface area contributed by atoms with Crippen molar-refractivity contribution < 1.29 is 24.9 Å². The molecule has 0 unspecified atom stereocenters. The number of aliphatic carboxylic acids is 2. The van der Waals surface area contributed by atoms with Gasteiger partial charge in [0, 0.05) is 13.6 Å². The SMILES string of the molecule is Cn1c(-c2ccccc2)cnc1NCc1cc(C(C)(C)C)c(O)c(C(C)(C)C)c1.O=C(O)C(=O)O. The first-order chi connectivity index (χ1) is 16.1. The van der Waals surface area contributed by atoms with Crippen LogP contribution in [0, 0.1) is 0 Å². The standard InChI is InChI=1S/C25H33N3O.C2H2O4/c1-24(2,3)19-13-17(14-20(22(19)29)25(4,5)6)15-26-23-27-16-21(28(23)7)18-11-9-8-10-12-18;3-1(4)2(5)6/h8-14,16,29H,15H2,1-7H3,(H,26,27);(H,3,4)(H,5,6). The second kappa shape index (κ2) is 10.6. The van der Waals surface area contributed by atoms with E-state index in [0.717, 1.165) is 33.9 Å².